The van der Waals surface area contributed by atoms with Gasteiger partial charge in [-0.2, -0.15) is 0 Å². The summed E-state index contributed by atoms with van der Waals surface area (Å²) in [4.78, 5) is 17.8. The third-order valence-electron chi connectivity index (χ3n) is 2.59. The number of carbonyl (C=O) groups excluding carboxylic acids is 1. The number of hydrogen-bond donors (Lipinski definition) is 1. The summed E-state index contributed by atoms with van der Waals surface area (Å²) in [7, 11) is 0. The number of aromatic nitrogens is 1. The second kappa shape index (κ2) is 4.94. The van der Waals surface area contributed by atoms with E-state index < -0.39 is 0 Å². The number of nitrogens with zero attached hydrogens (tertiary/aromatic N) is 2. The largest absolute Gasteiger partial charge is 0.397 e. The Morgan fingerprint density at radius 2 is 2.31 bits per heavy atom. The van der Waals surface area contributed by atoms with Gasteiger partial charge >= 0.3 is 0 Å². The first-order valence-corrected chi connectivity index (χ1v) is 5.35. The molecular weight excluding hydrogens is 206 g/mol. The van der Waals surface area contributed by atoms with Gasteiger partial charge in [-0.15, -0.1) is 0 Å². The van der Waals surface area contributed by atoms with Crippen LogP contribution in [0.25, 0.3) is 0 Å². The van der Waals surface area contributed by atoms with Gasteiger partial charge in [0.05, 0.1) is 24.1 Å². The highest BCUT2D eigenvalue weighted by atomic mass is 16.5. The van der Waals surface area contributed by atoms with E-state index in [1.807, 2.05) is 0 Å². The van der Waals surface area contributed by atoms with Crippen molar-refractivity contribution < 1.29 is 9.53 Å². The van der Waals surface area contributed by atoms with E-state index in [-0.39, 0.29) is 5.91 Å². The number of nitrogens with two attached hydrogens (primary N) is 1. The summed E-state index contributed by atoms with van der Waals surface area (Å²) >= 11 is 0. The average molecular weight is 221 g/mol. The summed E-state index contributed by atoms with van der Waals surface area (Å²) in [5, 5.41) is 0. The summed E-state index contributed by atoms with van der Waals surface area (Å²) in [6.45, 7) is 2.66. The van der Waals surface area contributed by atoms with Crippen molar-refractivity contribution >= 4 is 11.6 Å². The van der Waals surface area contributed by atoms with E-state index in [0.717, 1.165) is 19.6 Å². The lowest BCUT2D eigenvalue weighted by atomic mass is 10.2. The minimum atomic E-state index is -0.0367. The highest BCUT2D eigenvalue weighted by Crippen LogP contribution is 2.13. The fourth-order valence-corrected chi connectivity index (χ4v) is 1.72. The normalized spacial score (nSPS) is 16.9. The van der Waals surface area contributed by atoms with E-state index in [9.17, 15) is 4.79 Å². The number of pyridine rings is 1. The molecule has 16 heavy (non-hydrogen) atoms. The second-order valence-corrected chi connectivity index (χ2v) is 3.72. The van der Waals surface area contributed by atoms with Gasteiger partial charge in [0.15, 0.2) is 0 Å². The molecule has 2 N–H and O–H groups in total. The van der Waals surface area contributed by atoms with Crippen LogP contribution in [0.4, 0.5) is 5.69 Å². The molecule has 1 amide bonds. The zero-order chi connectivity index (χ0) is 11.4. The maximum atomic E-state index is 12.1. The summed E-state index contributed by atoms with van der Waals surface area (Å²) in [5.41, 5.74) is 6.68. The SMILES string of the molecule is Nc1cnccc1C(=O)N1CCCOCC1. The van der Waals surface area contributed by atoms with Crippen LogP contribution in [0.15, 0.2) is 18.5 Å². The van der Waals surface area contributed by atoms with E-state index in [4.69, 9.17) is 10.5 Å². The number of rotatable bonds is 1. The molecule has 0 aliphatic carbocycles. The highest BCUT2D eigenvalue weighted by Gasteiger charge is 2.19. The van der Waals surface area contributed by atoms with Gasteiger partial charge in [-0.3, -0.25) is 9.78 Å². The van der Waals surface area contributed by atoms with Crippen LogP contribution in [-0.2, 0) is 4.74 Å². The Balaban J connectivity index is 2.14. The average Bonchev–Trinajstić information content (AvgIpc) is 2.57. The Labute approximate surface area is 94.2 Å². The molecule has 1 aromatic heterocycles. The topological polar surface area (TPSA) is 68.5 Å². The van der Waals surface area contributed by atoms with Gasteiger partial charge < -0.3 is 15.4 Å². The summed E-state index contributed by atoms with van der Waals surface area (Å²) in [5.74, 6) is -0.0367. The molecule has 1 aromatic rings. The first kappa shape index (κ1) is 10.9. The van der Waals surface area contributed by atoms with Gasteiger partial charge in [0.25, 0.3) is 5.91 Å². The molecular formula is C11H15N3O2. The molecule has 0 atom stereocenters. The molecule has 5 nitrogen and oxygen atoms in total. The number of anilines is 1. The van der Waals surface area contributed by atoms with Crippen molar-refractivity contribution in [3.63, 3.8) is 0 Å². The first-order chi connectivity index (χ1) is 7.79. The molecule has 1 saturated heterocycles. The van der Waals surface area contributed by atoms with Gasteiger partial charge in [0, 0.05) is 25.9 Å². The van der Waals surface area contributed by atoms with Crippen molar-refractivity contribution in [2.45, 2.75) is 6.42 Å². The highest BCUT2D eigenvalue weighted by molar-refractivity contribution is 5.98. The lowest BCUT2D eigenvalue weighted by Gasteiger charge is -2.20. The standard InChI is InChI=1S/C11H15N3O2/c12-10-8-13-3-2-9(10)11(15)14-4-1-6-16-7-5-14/h2-3,8H,1,4-7,12H2. The van der Waals surface area contributed by atoms with Crippen LogP contribution in [0, 0.1) is 0 Å². The molecule has 0 bridgehead atoms. The zero-order valence-electron chi connectivity index (χ0n) is 9.06. The monoisotopic (exact) mass is 221 g/mol. The third-order valence-corrected chi connectivity index (χ3v) is 2.59. The van der Waals surface area contributed by atoms with Crippen molar-refractivity contribution in [1.82, 2.24) is 9.88 Å². The molecule has 0 saturated carbocycles. The predicted octanol–water partition coefficient (Wildman–Crippen LogP) is 0.526. The fourth-order valence-electron chi connectivity index (χ4n) is 1.72. The molecule has 0 spiro atoms. The maximum absolute atomic E-state index is 12.1. The molecule has 0 unspecified atom stereocenters. The Bertz CT molecular complexity index is 373. The van der Waals surface area contributed by atoms with Crippen LogP contribution in [0.5, 0.6) is 0 Å². The van der Waals surface area contributed by atoms with Gasteiger partial charge in [0.1, 0.15) is 0 Å². The summed E-state index contributed by atoms with van der Waals surface area (Å²) in [6, 6.07) is 1.66. The second-order valence-electron chi connectivity index (χ2n) is 3.72. The Morgan fingerprint density at radius 3 is 3.12 bits per heavy atom. The van der Waals surface area contributed by atoms with Crippen molar-refractivity contribution in [2.24, 2.45) is 0 Å². The third kappa shape index (κ3) is 2.30. The summed E-state index contributed by atoms with van der Waals surface area (Å²) < 4.78 is 5.30. The predicted molar refractivity (Wildman–Crippen MR) is 60.0 cm³/mol. The summed E-state index contributed by atoms with van der Waals surface area (Å²) in [6.07, 6.45) is 3.95. The lowest BCUT2D eigenvalue weighted by Crippen LogP contribution is -2.33. The minimum absolute atomic E-state index is 0.0367. The van der Waals surface area contributed by atoms with E-state index >= 15 is 0 Å². The maximum Gasteiger partial charge on any atom is 0.256 e. The van der Waals surface area contributed by atoms with Crippen LogP contribution >= 0.6 is 0 Å². The van der Waals surface area contributed by atoms with Gasteiger partial charge in [-0.25, -0.2) is 0 Å². The molecule has 0 aromatic carbocycles. The molecule has 0 radical (unpaired) electrons. The van der Waals surface area contributed by atoms with E-state index in [2.05, 4.69) is 4.98 Å². The molecule has 2 rings (SSSR count). The van der Waals surface area contributed by atoms with Crippen molar-refractivity contribution in [3.8, 4) is 0 Å². The number of carbonyl (C=O) groups is 1. The van der Waals surface area contributed by atoms with Crippen molar-refractivity contribution in [2.75, 3.05) is 32.0 Å². The van der Waals surface area contributed by atoms with Crippen LogP contribution in [0.3, 0.4) is 0 Å². The van der Waals surface area contributed by atoms with E-state index in [0.29, 0.717) is 24.4 Å². The molecule has 5 heteroatoms. The lowest BCUT2D eigenvalue weighted by molar-refractivity contribution is 0.0742. The zero-order valence-corrected chi connectivity index (χ0v) is 9.06. The van der Waals surface area contributed by atoms with E-state index in [1.165, 1.54) is 6.20 Å². The van der Waals surface area contributed by atoms with Gasteiger partial charge in [0.2, 0.25) is 0 Å². The smallest absolute Gasteiger partial charge is 0.256 e. The number of hydrogen-bond acceptors (Lipinski definition) is 4. The number of amides is 1. The van der Waals surface area contributed by atoms with Gasteiger partial charge in [-0.1, -0.05) is 0 Å². The Kier molecular flexibility index (Phi) is 3.36. The van der Waals surface area contributed by atoms with Crippen molar-refractivity contribution in [1.29, 1.82) is 0 Å². The molecule has 1 aliphatic rings. The first-order valence-electron chi connectivity index (χ1n) is 5.35. The van der Waals surface area contributed by atoms with Crippen LogP contribution in [-0.4, -0.2) is 42.1 Å². The van der Waals surface area contributed by atoms with E-state index in [1.54, 1.807) is 17.2 Å². The van der Waals surface area contributed by atoms with Crippen LogP contribution in [0.2, 0.25) is 0 Å². The molecule has 2 heterocycles. The van der Waals surface area contributed by atoms with Crippen LogP contribution in [0.1, 0.15) is 16.8 Å². The fraction of sp³-hybridized carbons (Fsp3) is 0.455. The number of nitrogen functional groups attached to an aromatic ring is 1. The molecule has 1 aliphatic heterocycles. The quantitative estimate of drug-likeness (QED) is 0.751. The number of ether oxygens (including phenoxy) is 1. The molecule has 86 valence electrons. The van der Waals surface area contributed by atoms with Crippen molar-refractivity contribution in [3.05, 3.63) is 24.0 Å². The van der Waals surface area contributed by atoms with Gasteiger partial charge in [-0.05, 0) is 12.5 Å². The van der Waals surface area contributed by atoms with Crippen LogP contribution < -0.4 is 5.73 Å². The minimum Gasteiger partial charge on any atom is -0.397 e. The Morgan fingerprint density at radius 1 is 1.44 bits per heavy atom. The molecule has 1 fully saturated rings. The Hall–Kier alpha value is -1.62.